The Morgan fingerprint density at radius 1 is 1.42 bits per heavy atom. The molecule has 106 valence electrons. The van der Waals surface area contributed by atoms with Gasteiger partial charge in [0.05, 0.1) is 17.1 Å². The minimum atomic E-state index is -0.609. The minimum Gasteiger partial charge on any atom is -0.379 e. The highest BCUT2D eigenvalue weighted by atomic mass is 19.1. The van der Waals surface area contributed by atoms with E-state index in [9.17, 15) is 14.5 Å². The predicted octanol–water partition coefficient (Wildman–Crippen LogP) is 3.35. The van der Waals surface area contributed by atoms with Gasteiger partial charge in [0, 0.05) is 13.2 Å². The Morgan fingerprint density at radius 3 is 2.79 bits per heavy atom. The quantitative estimate of drug-likeness (QED) is 0.447. The van der Waals surface area contributed by atoms with Crippen LogP contribution in [0.25, 0.3) is 0 Å². The number of nitrogens with zero attached hydrogens (tertiary/aromatic N) is 1. The molecular weight excluding hydrogens is 251 g/mol. The van der Waals surface area contributed by atoms with Crippen LogP contribution in [-0.4, -0.2) is 24.2 Å². The van der Waals surface area contributed by atoms with E-state index in [4.69, 9.17) is 4.74 Å². The summed E-state index contributed by atoms with van der Waals surface area (Å²) in [6, 6.07) is 3.51. The first kappa shape index (κ1) is 15.4. The highest BCUT2D eigenvalue weighted by molar-refractivity contribution is 5.61. The first-order chi connectivity index (χ1) is 9.00. The molecule has 0 fully saturated rings. The Kier molecular flexibility index (Phi) is 6.21. The molecule has 0 aliphatic carbocycles. The maximum Gasteiger partial charge on any atom is 0.295 e. The largest absolute Gasteiger partial charge is 0.379 e. The average Bonchev–Trinajstić information content (AvgIpc) is 2.34. The van der Waals surface area contributed by atoms with Crippen molar-refractivity contribution in [3.05, 3.63) is 34.1 Å². The van der Waals surface area contributed by atoms with E-state index < -0.39 is 10.7 Å². The lowest BCUT2D eigenvalue weighted by molar-refractivity contribution is -0.384. The number of unbranched alkanes of at least 4 members (excludes halogenated alkanes) is 1. The third-order valence-corrected chi connectivity index (χ3v) is 2.49. The molecule has 0 radical (unpaired) electrons. The molecule has 0 spiro atoms. The smallest absolute Gasteiger partial charge is 0.295 e. The van der Waals surface area contributed by atoms with E-state index in [1.54, 1.807) is 0 Å². The van der Waals surface area contributed by atoms with Gasteiger partial charge in [-0.25, -0.2) is 4.39 Å². The Labute approximate surface area is 111 Å². The maximum absolute atomic E-state index is 12.9. The van der Waals surface area contributed by atoms with Crippen LogP contribution in [0.2, 0.25) is 0 Å². The molecule has 0 saturated heterocycles. The Balaban J connectivity index is 2.39. The summed E-state index contributed by atoms with van der Waals surface area (Å²) in [5.74, 6) is -0.609. The molecule has 0 aliphatic heterocycles. The van der Waals surface area contributed by atoms with Gasteiger partial charge < -0.3 is 10.1 Å². The number of hydrogen-bond acceptors (Lipinski definition) is 4. The van der Waals surface area contributed by atoms with E-state index in [-0.39, 0.29) is 11.8 Å². The van der Waals surface area contributed by atoms with Crippen LogP contribution in [0.1, 0.15) is 26.7 Å². The third-order valence-electron chi connectivity index (χ3n) is 2.49. The molecule has 19 heavy (non-hydrogen) atoms. The van der Waals surface area contributed by atoms with Crippen molar-refractivity contribution in [1.82, 2.24) is 0 Å². The van der Waals surface area contributed by atoms with E-state index in [0.717, 1.165) is 18.9 Å². The van der Waals surface area contributed by atoms with Crippen LogP contribution in [0.5, 0.6) is 0 Å². The van der Waals surface area contributed by atoms with Crippen LogP contribution >= 0.6 is 0 Å². The molecule has 6 heteroatoms. The van der Waals surface area contributed by atoms with E-state index in [1.807, 2.05) is 13.8 Å². The fraction of sp³-hybridized carbons (Fsp3) is 0.538. The van der Waals surface area contributed by atoms with Gasteiger partial charge in [-0.3, -0.25) is 10.1 Å². The summed E-state index contributed by atoms with van der Waals surface area (Å²) in [6.07, 6.45) is 1.92. The second-order valence-corrected chi connectivity index (χ2v) is 4.47. The van der Waals surface area contributed by atoms with Gasteiger partial charge in [-0.1, -0.05) is 0 Å². The van der Waals surface area contributed by atoms with Crippen molar-refractivity contribution in [1.29, 1.82) is 0 Å². The molecule has 1 N–H and O–H groups in total. The second kappa shape index (κ2) is 7.68. The topological polar surface area (TPSA) is 64.4 Å². The molecule has 0 aliphatic rings. The van der Waals surface area contributed by atoms with E-state index >= 15 is 0 Å². The van der Waals surface area contributed by atoms with Gasteiger partial charge in [0.2, 0.25) is 0 Å². The number of ether oxygens (including phenoxy) is 1. The highest BCUT2D eigenvalue weighted by Gasteiger charge is 2.14. The summed E-state index contributed by atoms with van der Waals surface area (Å²) < 4.78 is 18.3. The normalized spacial score (nSPS) is 10.7. The Hall–Kier alpha value is -1.69. The predicted molar refractivity (Wildman–Crippen MR) is 71.9 cm³/mol. The van der Waals surface area contributed by atoms with E-state index in [1.165, 1.54) is 12.1 Å². The van der Waals surface area contributed by atoms with Gasteiger partial charge in [-0.05, 0) is 38.8 Å². The van der Waals surface area contributed by atoms with Crippen molar-refractivity contribution >= 4 is 11.4 Å². The van der Waals surface area contributed by atoms with Gasteiger partial charge >= 0.3 is 0 Å². The lowest BCUT2D eigenvalue weighted by atomic mass is 10.2. The van der Waals surface area contributed by atoms with Crippen LogP contribution in [0.15, 0.2) is 18.2 Å². The fourth-order valence-electron chi connectivity index (χ4n) is 1.57. The zero-order valence-electron chi connectivity index (χ0n) is 11.2. The van der Waals surface area contributed by atoms with Crippen molar-refractivity contribution in [2.24, 2.45) is 0 Å². The molecule has 0 amide bonds. The van der Waals surface area contributed by atoms with Crippen molar-refractivity contribution in [2.75, 3.05) is 18.5 Å². The number of nitro benzene ring substituents is 1. The van der Waals surface area contributed by atoms with Crippen LogP contribution in [0.4, 0.5) is 15.8 Å². The number of halogens is 1. The molecule has 5 nitrogen and oxygen atoms in total. The molecule has 1 aromatic rings. The number of hydrogen-bond donors (Lipinski definition) is 1. The Bertz CT molecular complexity index is 424. The zero-order chi connectivity index (χ0) is 14.3. The monoisotopic (exact) mass is 270 g/mol. The molecule has 0 saturated carbocycles. The van der Waals surface area contributed by atoms with Gasteiger partial charge in [0.1, 0.15) is 11.5 Å². The molecule has 0 bridgehead atoms. The first-order valence-corrected chi connectivity index (χ1v) is 6.30. The van der Waals surface area contributed by atoms with Crippen LogP contribution in [-0.2, 0) is 4.74 Å². The summed E-state index contributed by atoms with van der Waals surface area (Å²) in [7, 11) is 0. The lowest BCUT2D eigenvalue weighted by Gasteiger charge is -2.09. The molecule has 0 unspecified atom stereocenters. The summed E-state index contributed by atoms with van der Waals surface area (Å²) in [6.45, 7) is 5.21. The molecule has 0 heterocycles. The number of benzene rings is 1. The number of nitro groups is 1. The minimum absolute atomic E-state index is 0.214. The summed E-state index contributed by atoms with van der Waals surface area (Å²) in [5.41, 5.74) is 0.106. The van der Waals surface area contributed by atoms with Crippen molar-refractivity contribution in [3.8, 4) is 0 Å². The molecule has 0 aromatic heterocycles. The lowest BCUT2D eigenvalue weighted by Crippen LogP contribution is -2.08. The van der Waals surface area contributed by atoms with Crippen molar-refractivity contribution in [3.63, 3.8) is 0 Å². The molecular formula is C13H19FN2O3. The van der Waals surface area contributed by atoms with Gasteiger partial charge in [0.25, 0.3) is 5.69 Å². The summed E-state index contributed by atoms with van der Waals surface area (Å²) in [5, 5.41) is 13.7. The van der Waals surface area contributed by atoms with Gasteiger partial charge in [0.15, 0.2) is 0 Å². The summed E-state index contributed by atoms with van der Waals surface area (Å²) in [4.78, 5) is 10.2. The number of nitrogens with one attached hydrogen (secondary N) is 1. The highest BCUT2D eigenvalue weighted by Crippen LogP contribution is 2.24. The maximum atomic E-state index is 12.9. The van der Waals surface area contributed by atoms with Gasteiger partial charge in [-0.15, -0.1) is 0 Å². The van der Waals surface area contributed by atoms with Crippen molar-refractivity contribution < 1.29 is 14.1 Å². The van der Waals surface area contributed by atoms with E-state index in [0.29, 0.717) is 18.8 Å². The van der Waals surface area contributed by atoms with Crippen LogP contribution < -0.4 is 5.32 Å². The fourth-order valence-corrected chi connectivity index (χ4v) is 1.57. The van der Waals surface area contributed by atoms with Crippen LogP contribution in [0.3, 0.4) is 0 Å². The average molecular weight is 270 g/mol. The van der Waals surface area contributed by atoms with Crippen LogP contribution in [0, 0.1) is 15.9 Å². The number of anilines is 1. The van der Waals surface area contributed by atoms with Crippen molar-refractivity contribution in [2.45, 2.75) is 32.8 Å². The molecule has 1 rings (SSSR count). The standard InChI is InChI=1S/C13H19FN2O3/c1-10(2)19-8-4-3-7-15-12-6-5-11(14)9-13(12)16(17)18/h5-6,9-10,15H,3-4,7-8H2,1-2H3. The Morgan fingerprint density at radius 2 is 2.16 bits per heavy atom. The molecule has 1 aromatic carbocycles. The van der Waals surface area contributed by atoms with Gasteiger partial charge in [-0.2, -0.15) is 0 Å². The van der Waals surface area contributed by atoms with E-state index in [2.05, 4.69) is 5.32 Å². The number of rotatable bonds is 8. The first-order valence-electron chi connectivity index (χ1n) is 6.30. The molecule has 0 atom stereocenters. The zero-order valence-corrected chi connectivity index (χ0v) is 11.2. The second-order valence-electron chi connectivity index (χ2n) is 4.47. The SMILES string of the molecule is CC(C)OCCCCNc1ccc(F)cc1[N+](=O)[O-]. The summed E-state index contributed by atoms with van der Waals surface area (Å²) >= 11 is 0. The third kappa shape index (κ3) is 5.65.